The van der Waals surface area contributed by atoms with Crippen molar-refractivity contribution in [3.63, 3.8) is 0 Å². The Bertz CT molecular complexity index is 525. The van der Waals surface area contributed by atoms with Gasteiger partial charge in [0.05, 0.1) is 15.7 Å². The van der Waals surface area contributed by atoms with Crippen LogP contribution in [0.3, 0.4) is 0 Å². The lowest BCUT2D eigenvalue weighted by Crippen LogP contribution is -2.07. The lowest BCUT2D eigenvalue weighted by atomic mass is 10.1. The number of nitrogens with zero attached hydrogens (tertiary/aromatic N) is 3. The van der Waals surface area contributed by atoms with Crippen molar-refractivity contribution in [3.05, 3.63) is 21.1 Å². The first kappa shape index (κ1) is 13.4. The van der Waals surface area contributed by atoms with Gasteiger partial charge in [0.1, 0.15) is 11.5 Å². The van der Waals surface area contributed by atoms with Crippen LogP contribution >= 0.6 is 27.3 Å². The molecule has 18 heavy (non-hydrogen) atoms. The molecule has 6 heteroatoms. The maximum absolute atomic E-state index is 4.60. The van der Waals surface area contributed by atoms with Gasteiger partial charge >= 0.3 is 0 Å². The molecule has 0 unspecified atom stereocenters. The van der Waals surface area contributed by atoms with Gasteiger partial charge in [-0.25, -0.2) is 15.0 Å². The second kappa shape index (κ2) is 5.75. The molecule has 1 N–H and O–H groups in total. The van der Waals surface area contributed by atoms with Crippen LogP contribution < -0.4 is 5.32 Å². The van der Waals surface area contributed by atoms with Crippen LogP contribution in [-0.2, 0) is 0 Å². The molecule has 0 fully saturated rings. The largest absolute Gasteiger partial charge is 0.369 e. The van der Waals surface area contributed by atoms with E-state index in [-0.39, 0.29) is 0 Å². The standard InChI is InChI=1S/C12H15BrN4S/c1-4-14-12-9(13)10(7(2)3)16-11(17-12)8-5-18-6-15-8/h5-7H,4H2,1-3H3,(H,14,16,17). The highest BCUT2D eigenvalue weighted by atomic mass is 79.9. The summed E-state index contributed by atoms with van der Waals surface area (Å²) in [5, 5.41) is 5.21. The second-order valence-corrected chi connectivity index (χ2v) is 5.67. The van der Waals surface area contributed by atoms with Gasteiger partial charge in [-0.3, -0.25) is 0 Å². The van der Waals surface area contributed by atoms with Crippen molar-refractivity contribution < 1.29 is 0 Å². The van der Waals surface area contributed by atoms with Gasteiger partial charge in [-0.05, 0) is 28.8 Å². The first-order valence-electron chi connectivity index (χ1n) is 5.83. The van der Waals surface area contributed by atoms with Gasteiger partial charge in [0, 0.05) is 11.9 Å². The summed E-state index contributed by atoms with van der Waals surface area (Å²) < 4.78 is 0.943. The minimum atomic E-state index is 0.331. The molecule has 2 aromatic rings. The Morgan fingerprint density at radius 2 is 2.17 bits per heavy atom. The van der Waals surface area contributed by atoms with Gasteiger partial charge in [-0.1, -0.05) is 13.8 Å². The van der Waals surface area contributed by atoms with Gasteiger partial charge < -0.3 is 5.32 Å². The van der Waals surface area contributed by atoms with Crippen LogP contribution in [-0.4, -0.2) is 21.5 Å². The normalized spacial score (nSPS) is 10.9. The van der Waals surface area contributed by atoms with Crippen LogP contribution in [0.25, 0.3) is 11.5 Å². The van der Waals surface area contributed by atoms with Crippen LogP contribution in [0.5, 0.6) is 0 Å². The third kappa shape index (κ3) is 2.70. The molecule has 0 aliphatic rings. The molecular weight excluding hydrogens is 312 g/mol. The Morgan fingerprint density at radius 3 is 2.72 bits per heavy atom. The molecule has 0 aliphatic carbocycles. The third-order valence-corrected chi connectivity index (χ3v) is 3.80. The highest BCUT2D eigenvalue weighted by molar-refractivity contribution is 9.10. The second-order valence-electron chi connectivity index (χ2n) is 4.15. The predicted octanol–water partition coefficient (Wildman–Crippen LogP) is 3.92. The van der Waals surface area contributed by atoms with E-state index in [2.05, 4.69) is 50.0 Å². The summed E-state index contributed by atoms with van der Waals surface area (Å²) in [6.07, 6.45) is 0. The van der Waals surface area contributed by atoms with Crippen LogP contribution in [0, 0.1) is 0 Å². The van der Waals surface area contributed by atoms with E-state index in [9.17, 15) is 0 Å². The molecule has 4 nitrogen and oxygen atoms in total. The number of halogens is 1. The maximum Gasteiger partial charge on any atom is 0.181 e. The highest BCUT2D eigenvalue weighted by Gasteiger charge is 2.16. The van der Waals surface area contributed by atoms with Crippen LogP contribution in [0.4, 0.5) is 5.82 Å². The minimum absolute atomic E-state index is 0.331. The lowest BCUT2D eigenvalue weighted by Gasteiger charge is -2.13. The van der Waals surface area contributed by atoms with Crippen LogP contribution in [0.2, 0.25) is 0 Å². The summed E-state index contributed by atoms with van der Waals surface area (Å²) in [5.74, 6) is 1.84. The summed E-state index contributed by atoms with van der Waals surface area (Å²) in [6, 6.07) is 0. The summed E-state index contributed by atoms with van der Waals surface area (Å²) in [7, 11) is 0. The van der Waals surface area contributed by atoms with E-state index in [1.165, 1.54) is 0 Å². The Hall–Kier alpha value is -1.01. The van der Waals surface area contributed by atoms with Crippen molar-refractivity contribution in [3.8, 4) is 11.5 Å². The van der Waals surface area contributed by atoms with Crippen molar-refractivity contribution >= 4 is 33.1 Å². The fourth-order valence-corrected chi connectivity index (χ4v) is 2.87. The van der Waals surface area contributed by atoms with Crippen LogP contribution in [0.1, 0.15) is 32.4 Å². The number of rotatable bonds is 4. The zero-order valence-corrected chi connectivity index (χ0v) is 13.0. The molecule has 0 radical (unpaired) electrons. The van der Waals surface area contributed by atoms with Gasteiger partial charge in [-0.15, -0.1) is 11.3 Å². The summed E-state index contributed by atoms with van der Waals surface area (Å²) in [5.41, 5.74) is 3.63. The van der Waals surface area contributed by atoms with E-state index in [0.717, 1.165) is 28.2 Å². The average Bonchev–Trinajstić information content (AvgIpc) is 2.85. The van der Waals surface area contributed by atoms with E-state index in [4.69, 9.17) is 0 Å². The molecule has 2 heterocycles. The van der Waals surface area contributed by atoms with Crippen molar-refractivity contribution in [1.82, 2.24) is 15.0 Å². The van der Waals surface area contributed by atoms with Gasteiger partial charge in [0.15, 0.2) is 5.82 Å². The number of nitrogens with one attached hydrogen (secondary N) is 1. The molecule has 0 aromatic carbocycles. The summed E-state index contributed by atoms with van der Waals surface area (Å²) in [4.78, 5) is 13.4. The zero-order valence-electron chi connectivity index (χ0n) is 10.6. The molecule has 2 rings (SSSR count). The topological polar surface area (TPSA) is 50.7 Å². The van der Waals surface area contributed by atoms with Crippen molar-refractivity contribution in [1.29, 1.82) is 0 Å². The zero-order chi connectivity index (χ0) is 13.1. The molecule has 0 amide bonds. The molecular formula is C12H15BrN4S. The number of hydrogen-bond acceptors (Lipinski definition) is 5. The molecule has 0 atom stereocenters. The first-order valence-corrected chi connectivity index (χ1v) is 7.57. The number of hydrogen-bond donors (Lipinski definition) is 1. The number of thiazole rings is 1. The van der Waals surface area contributed by atoms with Crippen molar-refractivity contribution in [2.24, 2.45) is 0 Å². The number of aromatic nitrogens is 3. The average molecular weight is 327 g/mol. The Labute approximate surface area is 119 Å². The van der Waals surface area contributed by atoms with Crippen molar-refractivity contribution in [2.45, 2.75) is 26.7 Å². The van der Waals surface area contributed by atoms with E-state index in [0.29, 0.717) is 11.7 Å². The fourth-order valence-electron chi connectivity index (χ4n) is 1.57. The van der Waals surface area contributed by atoms with Gasteiger partial charge in [0.25, 0.3) is 0 Å². The molecule has 0 saturated heterocycles. The Balaban J connectivity index is 2.55. The van der Waals surface area contributed by atoms with E-state index >= 15 is 0 Å². The monoisotopic (exact) mass is 326 g/mol. The molecule has 96 valence electrons. The van der Waals surface area contributed by atoms with Crippen molar-refractivity contribution in [2.75, 3.05) is 11.9 Å². The Morgan fingerprint density at radius 1 is 1.39 bits per heavy atom. The molecule has 2 aromatic heterocycles. The van der Waals surface area contributed by atoms with E-state index < -0.39 is 0 Å². The minimum Gasteiger partial charge on any atom is -0.369 e. The first-order chi connectivity index (χ1) is 8.63. The molecule has 0 spiro atoms. The molecule has 0 aliphatic heterocycles. The quantitative estimate of drug-likeness (QED) is 0.925. The van der Waals surface area contributed by atoms with Crippen LogP contribution in [0.15, 0.2) is 15.4 Å². The summed E-state index contributed by atoms with van der Waals surface area (Å²) in [6.45, 7) is 7.11. The summed E-state index contributed by atoms with van der Waals surface area (Å²) >= 11 is 5.12. The lowest BCUT2D eigenvalue weighted by molar-refractivity contribution is 0.808. The van der Waals surface area contributed by atoms with E-state index in [1.807, 2.05) is 12.3 Å². The predicted molar refractivity (Wildman–Crippen MR) is 79.1 cm³/mol. The highest BCUT2D eigenvalue weighted by Crippen LogP contribution is 2.31. The molecule has 0 saturated carbocycles. The van der Waals surface area contributed by atoms with Gasteiger partial charge in [0.2, 0.25) is 0 Å². The molecule has 0 bridgehead atoms. The number of anilines is 1. The smallest absolute Gasteiger partial charge is 0.181 e. The Kier molecular flexibility index (Phi) is 4.29. The fraction of sp³-hybridized carbons (Fsp3) is 0.417. The maximum atomic E-state index is 4.60. The SMILES string of the molecule is CCNc1nc(-c2cscn2)nc(C(C)C)c1Br. The van der Waals surface area contributed by atoms with Gasteiger partial charge in [-0.2, -0.15) is 0 Å². The third-order valence-electron chi connectivity index (χ3n) is 2.43. The van der Waals surface area contributed by atoms with E-state index in [1.54, 1.807) is 16.8 Å².